The standard InChI is InChI=1S/C33H46N6O4/c1-42-21-27(22-43-2)37-11-9-36(10-12-37)26-7-8-30(34-20-26)38-13-14-39(29-6-4-3-5-28(29)38)32(40)35-31-24-15-23-16-25(31)19-33(41,17-23)18-24/h3-8,20,23-25,27,31,41H,9-19,21-22H2,1-2H3,(H,35,40)/t23?,24-,25+,31?,33?. The zero-order chi connectivity index (χ0) is 29.6. The van der Waals surface area contributed by atoms with Crippen LogP contribution in [0, 0.1) is 17.8 Å². The number of anilines is 4. The van der Waals surface area contributed by atoms with E-state index in [9.17, 15) is 9.90 Å². The number of rotatable bonds is 8. The van der Waals surface area contributed by atoms with Gasteiger partial charge in [0.05, 0.1) is 48.1 Å². The Balaban J connectivity index is 1.01. The maximum absolute atomic E-state index is 13.7. The number of aromatic nitrogens is 1. The molecule has 3 unspecified atom stereocenters. The van der Waals surface area contributed by atoms with Crippen molar-refractivity contribution in [3.63, 3.8) is 0 Å². The van der Waals surface area contributed by atoms with Gasteiger partial charge in [-0.15, -0.1) is 0 Å². The van der Waals surface area contributed by atoms with E-state index in [0.29, 0.717) is 44.1 Å². The van der Waals surface area contributed by atoms with E-state index in [1.165, 1.54) is 0 Å². The van der Waals surface area contributed by atoms with Gasteiger partial charge in [-0.2, -0.15) is 0 Å². The third kappa shape index (κ3) is 5.59. The lowest BCUT2D eigenvalue weighted by molar-refractivity contribution is -0.136. The highest BCUT2D eigenvalue weighted by Gasteiger charge is 2.55. The minimum absolute atomic E-state index is 0.0164. The monoisotopic (exact) mass is 590 g/mol. The van der Waals surface area contributed by atoms with Crippen LogP contribution in [0.15, 0.2) is 42.6 Å². The van der Waals surface area contributed by atoms with Gasteiger partial charge in [-0.25, -0.2) is 9.78 Å². The molecule has 0 radical (unpaired) electrons. The molecule has 4 aliphatic carbocycles. The van der Waals surface area contributed by atoms with E-state index < -0.39 is 5.60 Å². The summed E-state index contributed by atoms with van der Waals surface area (Å²) in [7, 11) is 3.49. The topological polar surface area (TPSA) is 93.6 Å². The van der Waals surface area contributed by atoms with Crippen molar-refractivity contribution in [2.24, 2.45) is 17.8 Å². The molecule has 2 aromatic rings. The van der Waals surface area contributed by atoms with E-state index in [1.807, 2.05) is 29.3 Å². The molecule has 1 saturated heterocycles. The fourth-order valence-electron chi connectivity index (χ4n) is 8.96. The van der Waals surface area contributed by atoms with Gasteiger partial charge in [0.1, 0.15) is 5.82 Å². The van der Waals surface area contributed by atoms with Gasteiger partial charge in [-0.05, 0) is 74.1 Å². The second-order valence-corrected chi connectivity index (χ2v) is 13.4. The number of hydrogen-bond acceptors (Lipinski definition) is 8. The molecule has 43 heavy (non-hydrogen) atoms. The minimum Gasteiger partial charge on any atom is -0.390 e. The Morgan fingerprint density at radius 2 is 1.65 bits per heavy atom. The number of piperazine rings is 1. The Morgan fingerprint density at radius 1 is 0.953 bits per heavy atom. The van der Waals surface area contributed by atoms with Crippen LogP contribution in [-0.2, 0) is 9.47 Å². The smallest absolute Gasteiger partial charge is 0.322 e. The van der Waals surface area contributed by atoms with Gasteiger partial charge >= 0.3 is 6.03 Å². The van der Waals surface area contributed by atoms with Gasteiger partial charge in [0.2, 0.25) is 0 Å². The van der Waals surface area contributed by atoms with Crippen LogP contribution in [0.4, 0.5) is 27.7 Å². The van der Waals surface area contributed by atoms with Crippen LogP contribution in [0.25, 0.3) is 0 Å². The summed E-state index contributed by atoms with van der Waals surface area (Å²) in [6, 6.07) is 12.8. The molecule has 2 amide bonds. The highest BCUT2D eigenvalue weighted by molar-refractivity contribution is 5.98. The number of ether oxygens (including phenoxy) is 2. The van der Waals surface area contributed by atoms with Crippen molar-refractivity contribution in [3.8, 4) is 0 Å². The molecular weight excluding hydrogens is 544 g/mol. The Bertz CT molecular complexity index is 1260. The van der Waals surface area contributed by atoms with Crippen molar-refractivity contribution >= 4 is 28.9 Å². The first-order chi connectivity index (χ1) is 20.9. The number of nitrogens with one attached hydrogen (secondary N) is 1. The first-order valence-electron chi connectivity index (χ1n) is 16.0. The highest BCUT2D eigenvalue weighted by atomic mass is 16.5. The number of nitrogens with zero attached hydrogens (tertiary/aromatic N) is 5. The molecule has 6 aliphatic rings. The van der Waals surface area contributed by atoms with Crippen molar-refractivity contribution in [1.29, 1.82) is 0 Å². The summed E-state index contributed by atoms with van der Waals surface area (Å²) in [6.45, 7) is 6.40. The number of urea groups is 1. The largest absolute Gasteiger partial charge is 0.390 e. The fraction of sp³-hybridized carbons (Fsp3) is 0.636. The van der Waals surface area contributed by atoms with E-state index in [-0.39, 0.29) is 18.1 Å². The number of hydrogen-bond donors (Lipinski definition) is 2. The molecule has 10 heteroatoms. The average Bonchev–Trinajstić information content (AvgIpc) is 3.01. The molecule has 3 heterocycles. The Morgan fingerprint density at radius 3 is 2.28 bits per heavy atom. The Labute approximate surface area is 254 Å². The molecule has 5 atom stereocenters. The number of benzene rings is 1. The number of carbonyl (C=O) groups is 1. The number of amides is 2. The van der Waals surface area contributed by atoms with E-state index in [0.717, 1.165) is 81.2 Å². The summed E-state index contributed by atoms with van der Waals surface area (Å²) in [6.07, 6.45) is 6.85. The summed E-state index contributed by atoms with van der Waals surface area (Å²) in [5.41, 5.74) is 2.55. The molecule has 10 nitrogen and oxygen atoms in total. The molecule has 232 valence electrons. The minimum atomic E-state index is -0.496. The lowest BCUT2D eigenvalue weighted by atomic mass is 9.52. The number of fused-ring (bicyclic) bond motifs is 1. The van der Waals surface area contributed by atoms with Crippen LogP contribution < -0.4 is 20.0 Å². The van der Waals surface area contributed by atoms with Gasteiger partial charge in [0.15, 0.2) is 0 Å². The number of methoxy groups -OCH3 is 2. The van der Waals surface area contributed by atoms with Crippen LogP contribution >= 0.6 is 0 Å². The molecule has 4 saturated carbocycles. The maximum Gasteiger partial charge on any atom is 0.322 e. The molecular formula is C33H46N6O4. The first kappa shape index (κ1) is 28.8. The molecule has 2 aliphatic heterocycles. The van der Waals surface area contributed by atoms with Gasteiger partial charge in [-0.1, -0.05) is 12.1 Å². The van der Waals surface area contributed by atoms with Gasteiger partial charge in [0.25, 0.3) is 0 Å². The lowest BCUT2D eigenvalue weighted by Crippen LogP contribution is -2.63. The predicted octanol–water partition coefficient (Wildman–Crippen LogP) is 3.47. The molecule has 2 N–H and O–H groups in total. The molecule has 4 bridgehead atoms. The van der Waals surface area contributed by atoms with Crippen molar-refractivity contribution in [1.82, 2.24) is 15.2 Å². The summed E-state index contributed by atoms with van der Waals surface area (Å²) >= 11 is 0. The third-order valence-corrected chi connectivity index (χ3v) is 10.7. The summed E-state index contributed by atoms with van der Waals surface area (Å²) in [5.74, 6) is 2.29. The van der Waals surface area contributed by atoms with Crippen LogP contribution in [-0.4, -0.2) is 105 Å². The van der Waals surface area contributed by atoms with Crippen LogP contribution in [0.3, 0.4) is 0 Å². The van der Waals surface area contributed by atoms with Crippen molar-refractivity contribution < 1.29 is 19.4 Å². The quantitative estimate of drug-likeness (QED) is 0.483. The number of para-hydroxylation sites is 2. The SMILES string of the molecule is COCC(COC)N1CCN(c2ccc(N3CCN(C(=O)NC4[C@@H]5CC6C[C@H]4CC(O)(C6)C5)c4ccccc43)nc2)CC1. The lowest BCUT2D eigenvalue weighted by Gasteiger charge is -2.58. The second-order valence-electron chi connectivity index (χ2n) is 13.4. The van der Waals surface area contributed by atoms with Crippen molar-refractivity contribution in [2.45, 2.75) is 49.8 Å². The maximum atomic E-state index is 13.7. The molecule has 8 rings (SSSR count). The number of aliphatic hydroxyl groups is 1. The molecule has 1 aromatic carbocycles. The molecule has 1 aromatic heterocycles. The van der Waals surface area contributed by atoms with Crippen LogP contribution in [0.1, 0.15) is 32.1 Å². The zero-order valence-electron chi connectivity index (χ0n) is 25.5. The van der Waals surface area contributed by atoms with Gasteiger partial charge in [-0.3, -0.25) is 9.80 Å². The fourth-order valence-corrected chi connectivity index (χ4v) is 8.96. The summed E-state index contributed by atoms with van der Waals surface area (Å²) in [4.78, 5) is 27.6. The predicted molar refractivity (Wildman–Crippen MR) is 167 cm³/mol. The first-order valence-corrected chi connectivity index (χ1v) is 16.0. The van der Waals surface area contributed by atoms with Crippen molar-refractivity contribution in [2.75, 3.05) is 81.4 Å². The average molecular weight is 591 g/mol. The van der Waals surface area contributed by atoms with E-state index in [1.54, 1.807) is 14.2 Å². The summed E-state index contributed by atoms with van der Waals surface area (Å²) < 4.78 is 10.8. The number of pyridine rings is 1. The second kappa shape index (κ2) is 11.9. The Hall–Kier alpha value is -2.92. The van der Waals surface area contributed by atoms with Crippen LogP contribution in [0.5, 0.6) is 0 Å². The number of carbonyl (C=O) groups excluding carboxylic acids is 1. The van der Waals surface area contributed by atoms with Gasteiger partial charge in [0, 0.05) is 59.5 Å². The molecule has 0 spiro atoms. The van der Waals surface area contributed by atoms with Crippen molar-refractivity contribution in [3.05, 3.63) is 42.6 Å². The van der Waals surface area contributed by atoms with E-state index in [4.69, 9.17) is 14.5 Å². The van der Waals surface area contributed by atoms with E-state index >= 15 is 0 Å². The van der Waals surface area contributed by atoms with E-state index in [2.05, 4.69) is 38.2 Å². The molecule has 5 fully saturated rings. The van der Waals surface area contributed by atoms with Crippen LogP contribution in [0.2, 0.25) is 0 Å². The Kier molecular flexibility index (Phi) is 7.96. The normalized spacial score (nSPS) is 30.2. The zero-order valence-corrected chi connectivity index (χ0v) is 25.5. The summed E-state index contributed by atoms with van der Waals surface area (Å²) in [5, 5.41) is 14.4. The highest BCUT2D eigenvalue weighted by Crippen LogP contribution is 2.55. The third-order valence-electron chi connectivity index (χ3n) is 10.7. The van der Waals surface area contributed by atoms with Gasteiger partial charge < -0.3 is 29.7 Å².